The number of benzene rings is 2. The molecule has 2 aliphatic rings. The van der Waals surface area contributed by atoms with Gasteiger partial charge in [0.1, 0.15) is 0 Å². The van der Waals surface area contributed by atoms with Crippen LogP contribution in [0.2, 0.25) is 0 Å². The lowest BCUT2D eigenvalue weighted by atomic mass is 10.1. The third-order valence-corrected chi connectivity index (χ3v) is 7.36. The second kappa shape index (κ2) is 7.88. The van der Waals surface area contributed by atoms with Crippen LogP contribution in [0.1, 0.15) is 31.0 Å². The summed E-state index contributed by atoms with van der Waals surface area (Å²) in [5, 5.41) is 3.89. The molecule has 0 spiro atoms. The van der Waals surface area contributed by atoms with E-state index in [2.05, 4.69) is 10.3 Å². The summed E-state index contributed by atoms with van der Waals surface area (Å²) in [6, 6.07) is 14.7. The number of nitrogens with two attached hydrogens (primary N) is 1. The van der Waals surface area contributed by atoms with Gasteiger partial charge >= 0.3 is 0 Å². The van der Waals surface area contributed by atoms with Gasteiger partial charge in [0, 0.05) is 18.3 Å². The van der Waals surface area contributed by atoms with E-state index in [-0.39, 0.29) is 29.5 Å². The molecule has 2 heterocycles. The lowest BCUT2D eigenvalue weighted by Gasteiger charge is -2.23. The first-order chi connectivity index (χ1) is 14.3. The van der Waals surface area contributed by atoms with Crippen molar-refractivity contribution < 1.29 is 8.42 Å². The van der Waals surface area contributed by atoms with Crippen LogP contribution in [0, 0.1) is 0 Å². The highest BCUT2D eigenvalue weighted by molar-refractivity contribution is 7.89. The lowest BCUT2D eigenvalue weighted by Crippen LogP contribution is -2.42. The smallest absolute Gasteiger partial charge is 0.266 e. The van der Waals surface area contributed by atoms with Crippen LogP contribution in [0.3, 0.4) is 0 Å². The Labute approximate surface area is 182 Å². The molecule has 158 valence electrons. The molecule has 0 aliphatic carbocycles. The number of rotatable bonds is 4. The predicted molar refractivity (Wildman–Crippen MR) is 123 cm³/mol. The molecule has 9 heteroatoms. The Morgan fingerprint density at radius 1 is 1.23 bits per heavy atom. The lowest BCUT2D eigenvalue weighted by molar-refractivity contribution is 0.518. The van der Waals surface area contributed by atoms with Crippen molar-refractivity contribution in [3.63, 3.8) is 0 Å². The molecule has 7 nitrogen and oxygen atoms in total. The van der Waals surface area contributed by atoms with Crippen LogP contribution in [-0.4, -0.2) is 42.9 Å². The number of hydrogen-bond acceptors (Lipinski definition) is 5. The first-order valence-electron chi connectivity index (χ1n) is 9.89. The quantitative estimate of drug-likeness (QED) is 0.705. The Kier molecular flexibility index (Phi) is 5.42. The van der Waals surface area contributed by atoms with Crippen molar-refractivity contribution in [2.45, 2.75) is 37.2 Å². The van der Waals surface area contributed by atoms with Crippen LogP contribution in [0.5, 0.6) is 0 Å². The Bertz CT molecular complexity index is 1100. The van der Waals surface area contributed by atoms with Gasteiger partial charge in [-0.05, 0) is 61.8 Å². The van der Waals surface area contributed by atoms with Crippen molar-refractivity contribution in [2.75, 3.05) is 18.0 Å². The average molecular weight is 444 g/mol. The van der Waals surface area contributed by atoms with Crippen molar-refractivity contribution in [1.82, 2.24) is 9.62 Å². The first kappa shape index (κ1) is 20.6. The number of nitrogens with one attached hydrogen (secondary N) is 1. The Hall–Kier alpha value is -2.65. The van der Waals surface area contributed by atoms with E-state index in [0.717, 1.165) is 29.8 Å². The van der Waals surface area contributed by atoms with Gasteiger partial charge in [-0.2, -0.15) is 0 Å². The zero-order valence-electron chi connectivity index (χ0n) is 16.9. The van der Waals surface area contributed by atoms with E-state index in [1.807, 2.05) is 55.1 Å². The molecule has 30 heavy (non-hydrogen) atoms. The Morgan fingerprint density at radius 3 is 2.67 bits per heavy atom. The number of thiocarbonyl (C=S) groups is 1. The molecule has 2 aliphatic heterocycles. The maximum Gasteiger partial charge on any atom is 0.266 e. The van der Waals surface area contributed by atoms with Crippen molar-refractivity contribution in [1.29, 1.82) is 0 Å². The van der Waals surface area contributed by atoms with E-state index >= 15 is 0 Å². The largest absolute Gasteiger partial charge is 0.369 e. The highest BCUT2D eigenvalue weighted by atomic mass is 32.2. The summed E-state index contributed by atoms with van der Waals surface area (Å²) < 4.78 is 27.8. The molecule has 0 radical (unpaired) electrons. The molecule has 0 saturated carbocycles. The van der Waals surface area contributed by atoms with Gasteiger partial charge in [-0.15, -0.1) is 0 Å². The number of hydrogen-bond donors (Lipinski definition) is 2. The minimum atomic E-state index is -3.80. The summed E-state index contributed by atoms with van der Waals surface area (Å²) in [6.45, 7) is 4.98. The molecule has 0 bridgehead atoms. The molecule has 1 unspecified atom stereocenters. The molecule has 0 amide bonds. The highest BCUT2D eigenvalue weighted by Gasteiger charge is 2.35. The normalized spacial score (nSPS) is 18.5. The van der Waals surface area contributed by atoms with Crippen molar-refractivity contribution in [3.8, 4) is 0 Å². The van der Waals surface area contributed by atoms with Crippen LogP contribution in [0.15, 0.2) is 58.4 Å². The number of sulfonamides is 1. The fraction of sp³-hybridized carbons (Fsp3) is 0.333. The van der Waals surface area contributed by atoms with Gasteiger partial charge in [-0.3, -0.25) is 0 Å². The van der Waals surface area contributed by atoms with Gasteiger partial charge < -0.3 is 16.0 Å². The third kappa shape index (κ3) is 3.75. The van der Waals surface area contributed by atoms with Crippen LogP contribution >= 0.6 is 12.2 Å². The zero-order valence-corrected chi connectivity index (χ0v) is 18.6. The maximum absolute atomic E-state index is 13.3. The monoisotopic (exact) mass is 443 g/mol. The third-order valence-electron chi connectivity index (χ3n) is 5.26. The number of nitrogens with zero attached hydrogens (tertiary/aromatic N) is 3. The molecular weight excluding hydrogens is 418 g/mol. The van der Waals surface area contributed by atoms with Crippen molar-refractivity contribution in [3.05, 3.63) is 59.7 Å². The maximum atomic E-state index is 13.3. The van der Waals surface area contributed by atoms with Gasteiger partial charge in [0.05, 0.1) is 17.5 Å². The molecule has 0 saturated heterocycles. The van der Waals surface area contributed by atoms with E-state index < -0.39 is 10.0 Å². The molecule has 2 aromatic rings. The van der Waals surface area contributed by atoms with E-state index in [1.165, 1.54) is 4.31 Å². The standard InChI is InChI=1S/C21H25N5O2S2/c1-14(2)23-21(29)25-11-10-16-12-17(8-9-19(16)25)30(27,28)26-13-18(24-20(26)22)15-6-4-3-5-7-15/h3-9,12,14,18H,10-11,13H2,1-2H3,(H2,22,24)(H,23,29). The Morgan fingerprint density at radius 2 is 1.97 bits per heavy atom. The second-order valence-corrected chi connectivity index (χ2v) is 10.00. The Balaban J connectivity index is 1.58. The minimum Gasteiger partial charge on any atom is -0.369 e. The van der Waals surface area contributed by atoms with Gasteiger partial charge in [-0.1, -0.05) is 30.3 Å². The molecule has 2 aromatic carbocycles. The molecular formula is C21H25N5O2S2. The van der Waals surface area contributed by atoms with E-state index in [0.29, 0.717) is 5.11 Å². The van der Waals surface area contributed by atoms with Crippen LogP contribution in [-0.2, 0) is 16.4 Å². The average Bonchev–Trinajstić information content (AvgIpc) is 3.31. The molecule has 4 rings (SSSR count). The fourth-order valence-corrected chi connectivity index (χ4v) is 5.64. The van der Waals surface area contributed by atoms with Gasteiger partial charge in [0.2, 0.25) is 5.96 Å². The van der Waals surface area contributed by atoms with Gasteiger partial charge in [0.15, 0.2) is 5.11 Å². The summed E-state index contributed by atoms with van der Waals surface area (Å²) in [5.41, 5.74) is 8.85. The topological polar surface area (TPSA) is 91.0 Å². The highest BCUT2D eigenvalue weighted by Crippen LogP contribution is 2.33. The summed E-state index contributed by atoms with van der Waals surface area (Å²) in [6.07, 6.45) is 0.731. The SMILES string of the molecule is CC(C)NC(=S)N1CCc2cc(S(=O)(=O)N3CC(c4ccccc4)N=C3N)ccc21. The summed E-state index contributed by atoms with van der Waals surface area (Å²) in [4.78, 5) is 6.61. The molecule has 0 aromatic heterocycles. The first-order valence-corrected chi connectivity index (χ1v) is 11.7. The molecule has 1 atom stereocenters. The van der Waals surface area contributed by atoms with Crippen LogP contribution in [0.4, 0.5) is 5.69 Å². The van der Waals surface area contributed by atoms with Crippen LogP contribution in [0.25, 0.3) is 0 Å². The fourth-order valence-electron chi connectivity index (χ4n) is 3.79. The summed E-state index contributed by atoms with van der Waals surface area (Å²) >= 11 is 5.49. The van der Waals surface area contributed by atoms with Gasteiger partial charge in [0.25, 0.3) is 10.0 Å². The molecule has 0 fully saturated rings. The van der Waals surface area contributed by atoms with E-state index in [9.17, 15) is 8.42 Å². The van der Waals surface area contributed by atoms with Crippen LogP contribution < -0.4 is 16.0 Å². The van der Waals surface area contributed by atoms with E-state index in [1.54, 1.807) is 12.1 Å². The zero-order chi connectivity index (χ0) is 21.5. The number of fused-ring (bicyclic) bond motifs is 1. The second-order valence-electron chi connectivity index (χ2n) is 7.75. The van der Waals surface area contributed by atoms with Crippen molar-refractivity contribution in [2.24, 2.45) is 10.7 Å². The van der Waals surface area contributed by atoms with E-state index in [4.69, 9.17) is 18.0 Å². The predicted octanol–water partition coefficient (Wildman–Crippen LogP) is 2.39. The van der Waals surface area contributed by atoms with Crippen molar-refractivity contribution >= 4 is 39.0 Å². The summed E-state index contributed by atoms with van der Waals surface area (Å²) in [7, 11) is -3.80. The molecule has 3 N–H and O–H groups in total. The van der Waals surface area contributed by atoms with Gasteiger partial charge in [-0.25, -0.2) is 17.7 Å². The summed E-state index contributed by atoms with van der Waals surface area (Å²) in [5.74, 6) is 0.0216. The number of anilines is 1. The number of guanidine groups is 1. The minimum absolute atomic E-state index is 0.0216. The number of aliphatic imine (C=N–C) groups is 1.